The number of hydrogen-bond acceptors (Lipinski definition) is 4. The van der Waals surface area contributed by atoms with Crippen LogP contribution < -0.4 is 5.73 Å². The molecular formula is C8H9N5O. The van der Waals surface area contributed by atoms with Crippen LogP contribution in [0, 0.1) is 0 Å². The molecule has 3 N–H and O–H groups in total. The average molecular weight is 191 g/mol. The van der Waals surface area contributed by atoms with Gasteiger partial charge < -0.3 is 10.9 Å². The molecule has 0 aliphatic rings. The Labute approximate surface area is 79.7 Å². The monoisotopic (exact) mass is 191 g/mol. The summed E-state index contributed by atoms with van der Waals surface area (Å²) in [6.45, 7) is 0. The molecule has 2 heterocycles. The third-order valence-electron chi connectivity index (χ3n) is 1.87. The minimum atomic E-state index is 0.178. The van der Waals surface area contributed by atoms with Crippen molar-refractivity contribution in [1.82, 2.24) is 14.6 Å². The topological polar surface area (TPSA) is 88.8 Å². The molecule has 2 aromatic heterocycles. The maximum atomic E-state index is 8.40. The molecule has 0 aliphatic carbocycles. The Hall–Kier alpha value is -2.11. The molecule has 72 valence electrons. The summed E-state index contributed by atoms with van der Waals surface area (Å²) in [4.78, 5) is 0. The number of rotatable bonds is 2. The first-order chi connectivity index (χ1) is 6.79. The SMILES string of the molecule is N/C(Cc1ccc2nncn2c1)=N\O. The van der Waals surface area contributed by atoms with Crippen LogP contribution in [-0.2, 0) is 6.42 Å². The van der Waals surface area contributed by atoms with Crippen molar-refractivity contribution < 1.29 is 5.21 Å². The van der Waals surface area contributed by atoms with Crippen LogP contribution in [0.5, 0.6) is 0 Å². The van der Waals surface area contributed by atoms with E-state index in [2.05, 4.69) is 15.4 Å². The first kappa shape index (κ1) is 8.49. The van der Waals surface area contributed by atoms with Gasteiger partial charge in [-0.1, -0.05) is 11.2 Å². The van der Waals surface area contributed by atoms with Gasteiger partial charge in [-0.25, -0.2) is 0 Å². The van der Waals surface area contributed by atoms with Crippen LogP contribution in [0.2, 0.25) is 0 Å². The maximum absolute atomic E-state index is 8.40. The van der Waals surface area contributed by atoms with Gasteiger partial charge in [-0.3, -0.25) is 4.40 Å². The van der Waals surface area contributed by atoms with E-state index in [0.717, 1.165) is 11.2 Å². The summed E-state index contributed by atoms with van der Waals surface area (Å²) in [7, 11) is 0. The van der Waals surface area contributed by atoms with Crippen molar-refractivity contribution in [3.05, 3.63) is 30.2 Å². The Morgan fingerprint density at radius 2 is 2.43 bits per heavy atom. The fraction of sp³-hybridized carbons (Fsp3) is 0.125. The average Bonchev–Trinajstić information content (AvgIpc) is 2.64. The lowest BCUT2D eigenvalue weighted by atomic mass is 10.2. The Morgan fingerprint density at radius 1 is 1.57 bits per heavy atom. The van der Waals surface area contributed by atoms with Crippen LogP contribution in [0.25, 0.3) is 5.65 Å². The van der Waals surface area contributed by atoms with Crippen LogP contribution in [0.1, 0.15) is 5.56 Å². The van der Waals surface area contributed by atoms with Crippen molar-refractivity contribution in [1.29, 1.82) is 0 Å². The van der Waals surface area contributed by atoms with E-state index in [-0.39, 0.29) is 5.84 Å². The number of fused-ring (bicyclic) bond motifs is 1. The Balaban J connectivity index is 2.34. The minimum absolute atomic E-state index is 0.178. The highest BCUT2D eigenvalue weighted by Crippen LogP contribution is 2.03. The molecule has 6 nitrogen and oxygen atoms in total. The highest BCUT2D eigenvalue weighted by atomic mass is 16.4. The van der Waals surface area contributed by atoms with E-state index in [1.54, 1.807) is 10.7 Å². The van der Waals surface area contributed by atoms with E-state index < -0.39 is 0 Å². The zero-order chi connectivity index (χ0) is 9.97. The van der Waals surface area contributed by atoms with Crippen molar-refractivity contribution in [2.24, 2.45) is 10.9 Å². The fourth-order valence-corrected chi connectivity index (χ4v) is 1.22. The largest absolute Gasteiger partial charge is 0.409 e. The van der Waals surface area contributed by atoms with Gasteiger partial charge in [0.1, 0.15) is 12.2 Å². The van der Waals surface area contributed by atoms with Gasteiger partial charge in [-0.15, -0.1) is 10.2 Å². The fourth-order valence-electron chi connectivity index (χ4n) is 1.22. The van der Waals surface area contributed by atoms with Gasteiger partial charge in [0.15, 0.2) is 5.65 Å². The summed E-state index contributed by atoms with van der Waals surface area (Å²) >= 11 is 0. The Bertz CT molecular complexity index is 475. The lowest BCUT2D eigenvalue weighted by Gasteiger charge is -1.99. The summed E-state index contributed by atoms with van der Waals surface area (Å²) in [6.07, 6.45) is 3.85. The van der Waals surface area contributed by atoms with Crippen LogP contribution >= 0.6 is 0 Å². The molecule has 2 rings (SSSR count). The summed E-state index contributed by atoms with van der Waals surface area (Å²) < 4.78 is 1.78. The van der Waals surface area contributed by atoms with Crippen molar-refractivity contribution in [2.45, 2.75) is 6.42 Å². The number of nitrogens with zero attached hydrogens (tertiary/aromatic N) is 4. The minimum Gasteiger partial charge on any atom is -0.409 e. The van der Waals surface area contributed by atoms with Gasteiger partial charge >= 0.3 is 0 Å². The number of oxime groups is 1. The summed E-state index contributed by atoms with van der Waals surface area (Å²) in [5, 5.41) is 18.9. The first-order valence-electron chi connectivity index (χ1n) is 4.04. The Morgan fingerprint density at radius 3 is 3.21 bits per heavy atom. The molecule has 6 heteroatoms. The highest BCUT2D eigenvalue weighted by molar-refractivity contribution is 5.81. The second-order valence-electron chi connectivity index (χ2n) is 2.90. The van der Waals surface area contributed by atoms with Crippen molar-refractivity contribution in [3.63, 3.8) is 0 Å². The van der Waals surface area contributed by atoms with E-state index in [1.165, 1.54) is 0 Å². The van der Waals surface area contributed by atoms with Crippen LogP contribution in [0.15, 0.2) is 29.8 Å². The zero-order valence-electron chi connectivity index (χ0n) is 7.33. The van der Waals surface area contributed by atoms with Gasteiger partial charge in [0, 0.05) is 12.6 Å². The molecule has 0 bridgehead atoms. The van der Waals surface area contributed by atoms with Crippen LogP contribution in [-0.4, -0.2) is 25.6 Å². The van der Waals surface area contributed by atoms with Crippen LogP contribution in [0.3, 0.4) is 0 Å². The summed E-state index contributed by atoms with van der Waals surface area (Å²) in [6, 6.07) is 3.69. The lowest BCUT2D eigenvalue weighted by molar-refractivity contribution is 0.317. The normalized spacial score (nSPS) is 12.1. The van der Waals surface area contributed by atoms with E-state index in [1.807, 2.05) is 18.3 Å². The standard InChI is InChI=1S/C8H9N5O/c9-7(12-14)3-6-1-2-8-11-10-5-13(8)4-6/h1-2,4-5,14H,3H2,(H2,9,12). The summed E-state index contributed by atoms with van der Waals surface area (Å²) in [5.74, 6) is 0.178. The van der Waals surface area contributed by atoms with Crippen LogP contribution in [0.4, 0.5) is 0 Å². The van der Waals surface area contributed by atoms with Crippen molar-refractivity contribution in [3.8, 4) is 0 Å². The number of amidine groups is 1. The molecule has 0 radical (unpaired) electrons. The maximum Gasteiger partial charge on any atom is 0.160 e. The van der Waals surface area contributed by atoms with E-state index in [9.17, 15) is 0 Å². The van der Waals surface area contributed by atoms with Gasteiger partial charge in [-0.2, -0.15) is 0 Å². The van der Waals surface area contributed by atoms with Gasteiger partial charge in [0.05, 0.1) is 0 Å². The van der Waals surface area contributed by atoms with Gasteiger partial charge in [0.2, 0.25) is 0 Å². The Kier molecular flexibility index (Phi) is 2.02. The number of aromatic nitrogens is 3. The van der Waals surface area contributed by atoms with E-state index in [4.69, 9.17) is 10.9 Å². The molecule has 0 fully saturated rings. The number of nitrogens with two attached hydrogens (primary N) is 1. The quantitative estimate of drug-likeness (QED) is 0.303. The molecule has 14 heavy (non-hydrogen) atoms. The number of pyridine rings is 1. The second kappa shape index (κ2) is 3.33. The van der Waals surface area contributed by atoms with Crippen molar-refractivity contribution in [2.75, 3.05) is 0 Å². The first-order valence-corrected chi connectivity index (χ1v) is 4.04. The molecule has 2 aromatic rings. The molecular weight excluding hydrogens is 182 g/mol. The van der Waals surface area contributed by atoms with Gasteiger partial charge in [0.25, 0.3) is 0 Å². The molecule has 0 saturated carbocycles. The third kappa shape index (κ3) is 1.49. The molecule has 0 spiro atoms. The third-order valence-corrected chi connectivity index (χ3v) is 1.87. The summed E-state index contributed by atoms with van der Waals surface area (Å²) in [5.41, 5.74) is 7.09. The van der Waals surface area contributed by atoms with Gasteiger partial charge in [-0.05, 0) is 11.6 Å². The zero-order valence-corrected chi connectivity index (χ0v) is 7.33. The van der Waals surface area contributed by atoms with E-state index >= 15 is 0 Å². The van der Waals surface area contributed by atoms with Crippen molar-refractivity contribution >= 4 is 11.5 Å². The molecule has 0 aromatic carbocycles. The van der Waals surface area contributed by atoms with E-state index in [0.29, 0.717) is 6.42 Å². The molecule has 0 atom stereocenters. The lowest BCUT2D eigenvalue weighted by Crippen LogP contribution is -2.14. The second-order valence-corrected chi connectivity index (χ2v) is 2.90. The molecule has 0 amide bonds. The molecule has 0 unspecified atom stereocenters. The highest BCUT2D eigenvalue weighted by Gasteiger charge is 1.99. The molecule has 0 aliphatic heterocycles. The molecule has 0 saturated heterocycles. The predicted octanol–water partition coefficient (Wildman–Crippen LogP) is 0.0182. The smallest absolute Gasteiger partial charge is 0.160 e. The predicted molar refractivity (Wildman–Crippen MR) is 50.1 cm³/mol. The number of hydrogen-bond donors (Lipinski definition) is 2.